The molecule has 1 rings (SSSR count). The molecule has 1 aromatic carbocycles. The molecule has 1 amide bonds. The fourth-order valence-corrected chi connectivity index (χ4v) is 1.78. The summed E-state index contributed by atoms with van der Waals surface area (Å²) in [6, 6.07) is 4.99. The van der Waals surface area contributed by atoms with Crippen LogP contribution >= 0.6 is 0 Å². The third-order valence-corrected chi connectivity index (χ3v) is 3.07. The highest BCUT2D eigenvalue weighted by atomic mass is 16.6. The van der Waals surface area contributed by atoms with Gasteiger partial charge < -0.3 is 10.6 Å². The van der Waals surface area contributed by atoms with Crippen molar-refractivity contribution in [3.05, 3.63) is 39.4 Å². The van der Waals surface area contributed by atoms with Crippen LogP contribution in [-0.2, 0) is 4.79 Å². The number of rotatable bonds is 7. The summed E-state index contributed by atoms with van der Waals surface area (Å²) in [5.41, 5.74) is 1.53. The number of benzene rings is 1. The average Bonchev–Trinajstić information content (AvgIpc) is 2.42. The fraction of sp³-hybridized carbons (Fsp3) is 0.500. The second kappa shape index (κ2) is 7.59. The Kier molecular flexibility index (Phi) is 6.11. The van der Waals surface area contributed by atoms with Crippen molar-refractivity contribution in [2.75, 3.05) is 13.1 Å². The second-order valence-corrected chi connectivity index (χ2v) is 4.76. The molecule has 0 spiro atoms. The lowest BCUT2D eigenvalue weighted by Crippen LogP contribution is -2.35. The summed E-state index contributed by atoms with van der Waals surface area (Å²) in [4.78, 5) is 22.0. The van der Waals surface area contributed by atoms with Gasteiger partial charge in [0.2, 0.25) is 5.91 Å². The maximum atomic E-state index is 11.5. The van der Waals surface area contributed by atoms with Gasteiger partial charge in [-0.25, -0.2) is 0 Å². The zero-order valence-corrected chi connectivity index (χ0v) is 12.1. The Morgan fingerprint density at radius 1 is 1.45 bits per heavy atom. The van der Waals surface area contributed by atoms with Gasteiger partial charge >= 0.3 is 0 Å². The van der Waals surface area contributed by atoms with Crippen molar-refractivity contribution in [2.24, 2.45) is 0 Å². The number of carbonyl (C=O) groups excluding carboxylic acids is 1. The molecule has 0 aliphatic rings. The van der Waals surface area contributed by atoms with Crippen molar-refractivity contribution in [3.63, 3.8) is 0 Å². The molecule has 0 aliphatic carbocycles. The molecule has 2 N–H and O–H groups in total. The number of nitro benzene ring substituents is 1. The molecule has 0 aromatic heterocycles. The molecule has 1 atom stereocenters. The van der Waals surface area contributed by atoms with Crippen molar-refractivity contribution in [2.45, 2.75) is 33.2 Å². The fourth-order valence-electron chi connectivity index (χ4n) is 1.78. The highest BCUT2D eigenvalue weighted by Crippen LogP contribution is 2.22. The van der Waals surface area contributed by atoms with Crippen molar-refractivity contribution >= 4 is 11.6 Å². The number of amides is 1. The molecule has 1 aromatic rings. The van der Waals surface area contributed by atoms with Crippen molar-refractivity contribution in [3.8, 4) is 0 Å². The summed E-state index contributed by atoms with van der Waals surface area (Å²) >= 11 is 0. The summed E-state index contributed by atoms with van der Waals surface area (Å²) in [7, 11) is 0. The lowest BCUT2D eigenvalue weighted by atomic mass is 10.0. The van der Waals surface area contributed by atoms with Crippen LogP contribution in [0, 0.1) is 17.0 Å². The molecule has 0 heterocycles. The van der Waals surface area contributed by atoms with Crippen LogP contribution in [0.3, 0.4) is 0 Å². The first-order chi connectivity index (χ1) is 9.45. The van der Waals surface area contributed by atoms with Gasteiger partial charge in [0.1, 0.15) is 0 Å². The lowest BCUT2D eigenvalue weighted by Gasteiger charge is -2.14. The zero-order valence-electron chi connectivity index (χ0n) is 12.1. The quantitative estimate of drug-likeness (QED) is 0.591. The molecule has 1 unspecified atom stereocenters. The van der Waals surface area contributed by atoms with Gasteiger partial charge in [-0.3, -0.25) is 14.9 Å². The molecular weight excluding hydrogens is 258 g/mol. The Labute approximate surface area is 118 Å². The summed E-state index contributed by atoms with van der Waals surface area (Å²) in [5, 5.41) is 16.7. The van der Waals surface area contributed by atoms with E-state index in [-0.39, 0.29) is 29.1 Å². The predicted octanol–water partition coefficient (Wildman–Crippen LogP) is 2.08. The molecule has 6 heteroatoms. The Morgan fingerprint density at radius 3 is 2.75 bits per heavy atom. The van der Waals surface area contributed by atoms with Gasteiger partial charge in [-0.15, -0.1) is 0 Å². The number of nitrogens with zero attached hydrogens (tertiary/aromatic N) is 1. The van der Waals surface area contributed by atoms with Crippen molar-refractivity contribution in [1.82, 2.24) is 10.6 Å². The summed E-state index contributed by atoms with van der Waals surface area (Å²) in [6.45, 7) is 6.43. The topological polar surface area (TPSA) is 84.3 Å². The maximum absolute atomic E-state index is 11.5. The standard InChI is InChI=1S/C14H21N3O3/c1-4-7-15-14(18)9-16-11(3)12-6-5-10(2)13(8-12)17(19)20/h5-6,8,11,16H,4,7,9H2,1-3H3,(H,15,18). The molecule has 6 nitrogen and oxygen atoms in total. The van der Waals surface area contributed by atoms with Gasteiger partial charge in [0.25, 0.3) is 5.69 Å². The van der Waals surface area contributed by atoms with E-state index in [1.807, 2.05) is 19.9 Å². The number of nitro groups is 1. The van der Waals surface area contributed by atoms with Crippen LogP contribution in [0.25, 0.3) is 0 Å². The third-order valence-electron chi connectivity index (χ3n) is 3.07. The number of hydrogen-bond acceptors (Lipinski definition) is 4. The van der Waals surface area contributed by atoms with Gasteiger partial charge in [0.15, 0.2) is 0 Å². The van der Waals surface area contributed by atoms with Crippen molar-refractivity contribution < 1.29 is 9.72 Å². The van der Waals surface area contributed by atoms with Crippen LogP contribution < -0.4 is 10.6 Å². The summed E-state index contributed by atoms with van der Waals surface area (Å²) in [5.74, 6) is -0.0692. The van der Waals surface area contributed by atoms with Gasteiger partial charge in [0.05, 0.1) is 11.5 Å². The first-order valence-electron chi connectivity index (χ1n) is 6.70. The molecule has 20 heavy (non-hydrogen) atoms. The molecule has 110 valence electrons. The van der Waals surface area contributed by atoms with Crippen molar-refractivity contribution in [1.29, 1.82) is 0 Å². The Morgan fingerprint density at radius 2 is 2.15 bits per heavy atom. The molecule has 0 radical (unpaired) electrons. The molecule has 0 aliphatic heterocycles. The smallest absolute Gasteiger partial charge is 0.272 e. The van der Waals surface area contributed by atoms with E-state index in [2.05, 4.69) is 10.6 Å². The van der Waals surface area contributed by atoms with Crippen LogP contribution in [-0.4, -0.2) is 23.9 Å². The lowest BCUT2D eigenvalue weighted by molar-refractivity contribution is -0.385. The van der Waals surface area contributed by atoms with Gasteiger partial charge in [-0.1, -0.05) is 19.1 Å². The Hall–Kier alpha value is -1.95. The second-order valence-electron chi connectivity index (χ2n) is 4.76. The molecule has 0 saturated heterocycles. The van der Waals surface area contributed by atoms with E-state index in [1.54, 1.807) is 19.1 Å². The number of hydrogen-bond donors (Lipinski definition) is 2. The van der Waals surface area contributed by atoms with E-state index in [4.69, 9.17) is 0 Å². The number of carbonyl (C=O) groups is 1. The van der Waals surface area contributed by atoms with Crippen LogP contribution in [0.4, 0.5) is 5.69 Å². The Balaban J connectivity index is 2.64. The first kappa shape index (κ1) is 16.1. The average molecular weight is 279 g/mol. The monoisotopic (exact) mass is 279 g/mol. The number of nitrogens with one attached hydrogen (secondary N) is 2. The molecule has 0 bridgehead atoms. The minimum atomic E-state index is -0.389. The Bertz CT molecular complexity index is 489. The van der Waals surface area contributed by atoms with Crippen LogP contribution in [0.15, 0.2) is 18.2 Å². The molecule has 0 saturated carbocycles. The van der Waals surface area contributed by atoms with E-state index in [1.165, 1.54) is 0 Å². The largest absolute Gasteiger partial charge is 0.355 e. The zero-order chi connectivity index (χ0) is 15.1. The minimum absolute atomic E-state index is 0.0692. The van der Waals surface area contributed by atoms with E-state index in [9.17, 15) is 14.9 Å². The number of aryl methyl sites for hydroxylation is 1. The van der Waals surface area contributed by atoms with Crippen LogP contribution in [0.1, 0.15) is 37.4 Å². The molecular formula is C14H21N3O3. The van der Waals surface area contributed by atoms with Gasteiger partial charge in [-0.05, 0) is 25.8 Å². The predicted molar refractivity (Wildman–Crippen MR) is 77.6 cm³/mol. The first-order valence-corrected chi connectivity index (χ1v) is 6.70. The normalized spacial score (nSPS) is 11.9. The highest BCUT2D eigenvalue weighted by Gasteiger charge is 2.14. The maximum Gasteiger partial charge on any atom is 0.272 e. The third kappa shape index (κ3) is 4.62. The SMILES string of the molecule is CCCNC(=O)CNC(C)c1ccc(C)c([N+](=O)[O-])c1. The highest BCUT2D eigenvalue weighted by molar-refractivity contribution is 5.78. The van der Waals surface area contributed by atoms with E-state index >= 15 is 0 Å². The summed E-state index contributed by atoms with van der Waals surface area (Å²) in [6.07, 6.45) is 0.894. The van der Waals surface area contributed by atoms with E-state index < -0.39 is 0 Å². The van der Waals surface area contributed by atoms with Crippen LogP contribution in [0.2, 0.25) is 0 Å². The molecule has 0 fully saturated rings. The van der Waals surface area contributed by atoms with Gasteiger partial charge in [0, 0.05) is 24.2 Å². The van der Waals surface area contributed by atoms with Gasteiger partial charge in [-0.2, -0.15) is 0 Å². The van der Waals surface area contributed by atoms with E-state index in [0.29, 0.717) is 12.1 Å². The van der Waals surface area contributed by atoms with E-state index in [0.717, 1.165) is 12.0 Å². The minimum Gasteiger partial charge on any atom is -0.355 e. The van der Waals surface area contributed by atoms with Crippen LogP contribution in [0.5, 0.6) is 0 Å². The summed E-state index contributed by atoms with van der Waals surface area (Å²) < 4.78 is 0.